The van der Waals surface area contributed by atoms with Gasteiger partial charge >= 0.3 is 0 Å². The summed E-state index contributed by atoms with van der Waals surface area (Å²) in [5.41, 5.74) is 1.34. The first kappa shape index (κ1) is 5.80. The average molecular weight is 80.9 g/mol. The van der Waals surface area contributed by atoms with E-state index in [-0.39, 0.29) is 0 Å². The number of hydrogen-bond acceptors (Lipinski definition) is 0. The fraction of sp³-hybridized carbons (Fsp3) is 0.600. The number of rotatable bonds is 1. The molecule has 1 radical (unpaired) electrons. The second kappa shape index (κ2) is 3.01. The minimum atomic E-state index is 1.34. The summed E-state index contributed by atoms with van der Waals surface area (Å²) in [6.07, 6.45) is 2.08. The molecule has 0 aliphatic rings. The molecule has 0 aliphatic heterocycles. The predicted octanol–water partition coefficient (Wildman–Crippen LogP) is 1.66. The Morgan fingerprint density at radius 1 is 1.67 bits per heavy atom. The van der Waals surface area contributed by atoms with Crippen LogP contribution in [0.2, 0.25) is 6.82 Å². The summed E-state index contributed by atoms with van der Waals surface area (Å²) in [5.74, 6) is 0. The van der Waals surface area contributed by atoms with Gasteiger partial charge in [-0.3, -0.25) is 0 Å². The zero-order valence-electron chi connectivity index (χ0n) is 4.65. The maximum absolute atomic E-state index is 2.08. The molecule has 0 unspecified atom stereocenters. The standard InChI is InChI=1S/C5H10B/c1-4-5(2)6-3/h4H,1-3H3. The lowest BCUT2D eigenvalue weighted by Crippen LogP contribution is -1.80. The van der Waals surface area contributed by atoms with E-state index in [9.17, 15) is 0 Å². The average Bonchev–Trinajstić information content (AvgIpc) is 1.65. The fourth-order valence-electron chi connectivity index (χ4n) is 0.167. The Kier molecular flexibility index (Phi) is 2.92. The van der Waals surface area contributed by atoms with Crippen molar-refractivity contribution in [2.75, 3.05) is 0 Å². The zero-order valence-corrected chi connectivity index (χ0v) is 4.65. The molecule has 0 N–H and O–H groups in total. The molecule has 0 heterocycles. The van der Waals surface area contributed by atoms with Crippen molar-refractivity contribution in [3.8, 4) is 0 Å². The Morgan fingerprint density at radius 2 is 2.17 bits per heavy atom. The van der Waals surface area contributed by atoms with Gasteiger partial charge in [-0.2, -0.15) is 0 Å². The van der Waals surface area contributed by atoms with Gasteiger partial charge in [0, 0.05) is 0 Å². The van der Waals surface area contributed by atoms with Gasteiger partial charge in [-0.25, -0.2) is 0 Å². The molecule has 0 atom stereocenters. The number of allylic oxidation sites excluding steroid dienone is 2. The summed E-state index contributed by atoms with van der Waals surface area (Å²) >= 11 is 0. The zero-order chi connectivity index (χ0) is 4.99. The van der Waals surface area contributed by atoms with Crippen molar-refractivity contribution in [3.63, 3.8) is 0 Å². The van der Waals surface area contributed by atoms with Crippen LogP contribution in [0.5, 0.6) is 0 Å². The molecule has 0 aromatic heterocycles. The largest absolute Gasteiger partial charge is 0.141 e. The van der Waals surface area contributed by atoms with Crippen LogP contribution in [0.1, 0.15) is 13.8 Å². The highest BCUT2D eigenvalue weighted by Gasteiger charge is 1.76. The third kappa shape index (κ3) is 2.07. The molecule has 0 bridgehead atoms. The minimum Gasteiger partial charge on any atom is -0.116 e. The summed E-state index contributed by atoms with van der Waals surface area (Å²) in [6, 6.07) is 0. The maximum atomic E-state index is 2.08. The molecule has 0 nitrogen and oxygen atoms in total. The Morgan fingerprint density at radius 3 is 2.17 bits per heavy atom. The first-order chi connectivity index (χ1) is 2.81. The second-order valence-electron chi connectivity index (χ2n) is 1.32. The minimum absolute atomic E-state index is 1.34. The third-order valence-corrected chi connectivity index (χ3v) is 0.911. The van der Waals surface area contributed by atoms with Crippen molar-refractivity contribution >= 4 is 7.28 Å². The van der Waals surface area contributed by atoms with Crippen LogP contribution >= 0.6 is 0 Å². The molecule has 0 amide bonds. The molecule has 33 valence electrons. The van der Waals surface area contributed by atoms with E-state index >= 15 is 0 Å². The molecule has 0 rings (SSSR count). The van der Waals surface area contributed by atoms with Crippen molar-refractivity contribution in [2.45, 2.75) is 20.7 Å². The van der Waals surface area contributed by atoms with E-state index in [2.05, 4.69) is 20.3 Å². The van der Waals surface area contributed by atoms with Crippen LogP contribution in [0.15, 0.2) is 11.5 Å². The summed E-state index contributed by atoms with van der Waals surface area (Å²) in [4.78, 5) is 0. The van der Waals surface area contributed by atoms with Crippen LogP contribution < -0.4 is 0 Å². The number of hydrogen-bond donors (Lipinski definition) is 0. The van der Waals surface area contributed by atoms with Gasteiger partial charge in [0.15, 0.2) is 0 Å². The lowest BCUT2D eigenvalue weighted by atomic mass is 9.73. The van der Waals surface area contributed by atoms with Crippen LogP contribution in [-0.4, -0.2) is 7.28 Å². The van der Waals surface area contributed by atoms with Gasteiger partial charge in [-0.1, -0.05) is 19.8 Å². The van der Waals surface area contributed by atoms with E-state index in [4.69, 9.17) is 0 Å². The van der Waals surface area contributed by atoms with Gasteiger partial charge in [-0.15, -0.1) is 5.47 Å². The molecule has 6 heavy (non-hydrogen) atoms. The van der Waals surface area contributed by atoms with E-state index in [1.54, 1.807) is 0 Å². The summed E-state index contributed by atoms with van der Waals surface area (Å²) in [5, 5.41) is 0. The second-order valence-corrected chi connectivity index (χ2v) is 1.32. The van der Waals surface area contributed by atoms with Crippen molar-refractivity contribution in [1.29, 1.82) is 0 Å². The molecule has 0 aliphatic carbocycles. The summed E-state index contributed by atoms with van der Waals surface area (Å²) in [6.45, 7) is 6.16. The Labute approximate surface area is 40.5 Å². The van der Waals surface area contributed by atoms with Crippen molar-refractivity contribution in [2.24, 2.45) is 0 Å². The normalized spacial score (nSPS) is 11.5. The van der Waals surface area contributed by atoms with Crippen molar-refractivity contribution in [1.82, 2.24) is 0 Å². The lowest BCUT2D eigenvalue weighted by molar-refractivity contribution is 1.57. The quantitative estimate of drug-likeness (QED) is 0.421. The molecule has 0 fully saturated rings. The monoisotopic (exact) mass is 81.1 g/mol. The van der Waals surface area contributed by atoms with Gasteiger partial charge in [-0.05, 0) is 6.92 Å². The highest BCUT2D eigenvalue weighted by atomic mass is 13.6. The highest BCUT2D eigenvalue weighted by Crippen LogP contribution is 1.84. The predicted molar refractivity (Wildman–Crippen MR) is 31.0 cm³/mol. The van der Waals surface area contributed by atoms with E-state index in [1.165, 1.54) is 5.47 Å². The maximum Gasteiger partial charge on any atom is 0.141 e. The third-order valence-electron chi connectivity index (χ3n) is 0.911. The van der Waals surface area contributed by atoms with Crippen LogP contribution in [0.4, 0.5) is 0 Å². The molecule has 0 spiro atoms. The van der Waals surface area contributed by atoms with E-state index in [0.717, 1.165) is 0 Å². The molecule has 0 aromatic carbocycles. The topological polar surface area (TPSA) is 0 Å². The molecular formula is C5H10B. The van der Waals surface area contributed by atoms with Crippen LogP contribution in [0.3, 0.4) is 0 Å². The first-order valence-electron chi connectivity index (χ1n) is 2.23. The molecule has 0 saturated carbocycles. The van der Waals surface area contributed by atoms with Crippen LogP contribution in [0.25, 0.3) is 0 Å². The first-order valence-corrected chi connectivity index (χ1v) is 2.23. The SMILES string of the molecule is C[B]C(C)=CC. The van der Waals surface area contributed by atoms with Gasteiger partial charge in [0.25, 0.3) is 0 Å². The molecule has 0 aromatic rings. The van der Waals surface area contributed by atoms with E-state index in [0.29, 0.717) is 0 Å². The smallest absolute Gasteiger partial charge is 0.116 e. The van der Waals surface area contributed by atoms with Crippen molar-refractivity contribution < 1.29 is 0 Å². The molecule has 0 saturated heterocycles. The van der Waals surface area contributed by atoms with Gasteiger partial charge in [0.05, 0.1) is 0 Å². The van der Waals surface area contributed by atoms with E-state index < -0.39 is 0 Å². The summed E-state index contributed by atoms with van der Waals surface area (Å²) in [7, 11) is 2.08. The van der Waals surface area contributed by atoms with Gasteiger partial charge in [0.2, 0.25) is 0 Å². The van der Waals surface area contributed by atoms with Crippen LogP contribution in [-0.2, 0) is 0 Å². The lowest BCUT2D eigenvalue weighted by Gasteiger charge is -1.83. The fourth-order valence-corrected chi connectivity index (χ4v) is 0.167. The molecular weight excluding hydrogens is 70.9 g/mol. The van der Waals surface area contributed by atoms with Crippen LogP contribution in [0, 0.1) is 0 Å². The Balaban J connectivity index is 3.22. The highest BCUT2D eigenvalue weighted by molar-refractivity contribution is 6.43. The molecule has 1 heteroatoms. The summed E-state index contributed by atoms with van der Waals surface area (Å²) < 4.78 is 0. The van der Waals surface area contributed by atoms with E-state index in [1.807, 2.05) is 13.7 Å². The van der Waals surface area contributed by atoms with Crippen molar-refractivity contribution in [3.05, 3.63) is 11.5 Å². The Hall–Kier alpha value is -0.195. The van der Waals surface area contributed by atoms with Gasteiger partial charge in [0.1, 0.15) is 7.28 Å². The van der Waals surface area contributed by atoms with Gasteiger partial charge < -0.3 is 0 Å². The Bertz CT molecular complexity index is 55.0.